The van der Waals surface area contributed by atoms with E-state index in [2.05, 4.69) is 20.8 Å². The van der Waals surface area contributed by atoms with Crippen molar-refractivity contribution in [1.29, 1.82) is 0 Å². The van der Waals surface area contributed by atoms with Crippen LogP contribution in [0.1, 0.15) is 39.4 Å². The molecule has 1 saturated carbocycles. The first kappa shape index (κ1) is 14.9. The minimum absolute atomic E-state index is 0.0872. The Morgan fingerprint density at radius 3 is 2.64 bits per heavy atom. The predicted octanol–water partition coefficient (Wildman–Crippen LogP) is 4.48. The Labute approximate surface area is 131 Å². The van der Waals surface area contributed by atoms with Crippen LogP contribution in [0.4, 0.5) is 0 Å². The van der Waals surface area contributed by atoms with Gasteiger partial charge < -0.3 is 9.32 Å². The van der Waals surface area contributed by atoms with E-state index >= 15 is 0 Å². The van der Waals surface area contributed by atoms with Crippen LogP contribution < -0.4 is 0 Å². The summed E-state index contributed by atoms with van der Waals surface area (Å²) in [4.78, 5) is 14.6. The van der Waals surface area contributed by atoms with E-state index in [0.29, 0.717) is 12.0 Å². The van der Waals surface area contributed by atoms with Gasteiger partial charge in [0.15, 0.2) is 0 Å². The number of carbonyl (C=O) groups is 1. The van der Waals surface area contributed by atoms with Crippen LogP contribution in [0.5, 0.6) is 0 Å². The third-order valence-corrected chi connectivity index (χ3v) is 4.43. The molecule has 0 bridgehead atoms. The van der Waals surface area contributed by atoms with Crippen molar-refractivity contribution >= 4 is 23.0 Å². The standard InChI is InChI=1S/C19H23NO2/c1-13(2)14(3)20(16-8-9-16)19(21)11-10-17-12-15-6-4-5-7-18(15)22-17/h4-7,10-14,16H,8-9H2,1-3H3/b11-10+. The summed E-state index contributed by atoms with van der Waals surface area (Å²) < 4.78 is 5.72. The number of carbonyl (C=O) groups excluding carboxylic acids is 1. The Balaban J connectivity index is 1.76. The Morgan fingerprint density at radius 2 is 2.00 bits per heavy atom. The number of rotatable bonds is 5. The van der Waals surface area contributed by atoms with Crippen molar-refractivity contribution in [3.8, 4) is 0 Å². The van der Waals surface area contributed by atoms with Crippen molar-refractivity contribution in [3.05, 3.63) is 42.2 Å². The molecule has 1 aliphatic rings. The fourth-order valence-corrected chi connectivity index (χ4v) is 2.71. The summed E-state index contributed by atoms with van der Waals surface area (Å²) in [6, 6.07) is 10.5. The zero-order valence-corrected chi connectivity index (χ0v) is 13.5. The van der Waals surface area contributed by atoms with E-state index < -0.39 is 0 Å². The summed E-state index contributed by atoms with van der Waals surface area (Å²) in [6.07, 6.45) is 5.68. The number of hydrogen-bond acceptors (Lipinski definition) is 2. The second kappa shape index (κ2) is 5.99. The van der Waals surface area contributed by atoms with E-state index in [9.17, 15) is 4.79 Å². The van der Waals surface area contributed by atoms with Gasteiger partial charge in [-0.2, -0.15) is 0 Å². The number of fused-ring (bicyclic) bond motifs is 1. The summed E-state index contributed by atoms with van der Waals surface area (Å²) in [5.41, 5.74) is 0.851. The molecular formula is C19H23NO2. The minimum atomic E-state index is 0.0872. The molecule has 1 fully saturated rings. The van der Waals surface area contributed by atoms with E-state index in [1.165, 1.54) is 0 Å². The SMILES string of the molecule is CC(C)C(C)N(C(=O)/C=C/c1cc2ccccc2o1)C1CC1. The van der Waals surface area contributed by atoms with Gasteiger partial charge >= 0.3 is 0 Å². The highest BCUT2D eigenvalue weighted by molar-refractivity contribution is 5.92. The van der Waals surface area contributed by atoms with E-state index in [-0.39, 0.29) is 11.9 Å². The van der Waals surface area contributed by atoms with Gasteiger partial charge in [-0.25, -0.2) is 0 Å². The largest absolute Gasteiger partial charge is 0.457 e. The van der Waals surface area contributed by atoms with Crippen LogP contribution in [0.25, 0.3) is 17.0 Å². The second-order valence-electron chi connectivity index (χ2n) is 6.48. The topological polar surface area (TPSA) is 33.5 Å². The minimum Gasteiger partial charge on any atom is -0.457 e. The van der Waals surface area contributed by atoms with Crippen LogP contribution in [0.3, 0.4) is 0 Å². The molecule has 0 spiro atoms. The van der Waals surface area contributed by atoms with Gasteiger partial charge in [-0.15, -0.1) is 0 Å². The van der Waals surface area contributed by atoms with E-state index in [1.807, 2.05) is 35.2 Å². The Kier molecular flexibility index (Phi) is 4.06. The van der Waals surface area contributed by atoms with Crippen molar-refractivity contribution in [2.24, 2.45) is 5.92 Å². The molecule has 3 nitrogen and oxygen atoms in total. The number of nitrogens with zero attached hydrogens (tertiary/aromatic N) is 1. The quantitative estimate of drug-likeness (QED) is 0.762. The van der Waals surface area contributed by atoms with Crippen molar-refractivity contribution in [2.45, 2.75) is 45.7 Å². The highest BCUT2D eigenvalue weighted by atomic mass is 16.3. The summed E-state index contributed by atoms with van der Waals surface area (Å²) in [5, 5.41) is 1.06. The molecule has 0 N–H and O–H groups in total. The molecule has 0 radical (unpaired) electrons. The van der Waals surface area contributed by atoms with Crippen LogP contribution in [-0.4, -0.2) is 22.9 Å². The van der Waals surface area contributed by atoms with E-state index in [0.717, 1.165) is 29.6 Å². The van der Waals surface area contributed by atoms with Crippen LogP contribution in [-0.2, 0) is 4.79 Å². The molecule has 2 aromatic rings. The van der Waals surface area contributed by atoms with Crippen LogP contribution >= 0.6 is 0 Å². The molecule has 0 saturated heterocycles. The highest BCUT2D eigenvalue weighted by Crippen LogP contribution is 2.31. The molecule has 116 valence electrons. The molecule has 3 rings (SSSR count). The molecule has 1 atom stereocenters. The normalized spacial score (nSPS) is 16.5. The van der Waals surface area contributed by atoms with Crippen LogP contribution in [0.15, 0.2) is 40.8 Å². The molecule has 0 aliphatic heterocycles. The van der Waals surface area contributed by atoms with E-state index in [1.54, 1.807) is 12.2 Å². The third-order valence-electron chi connectivity index (χ3n) is 4.43. The summed E-state index contributed by atoms with van der Waals surface area (Å²) >= 11 is 0. The smallest absolute Gasteiger partial charge is 0.247 e. The number of hydrogen-bond donors (Lipinski definition) is 0. The molecular weight excluding hydrogens is 274 g/mol. The van der Waals surface area contributed by atoms with Crippen molar-refractivity contribution in [3.63, 3.8) is 0 Å². The molecule has 1 aliphatic carbocycles. The average molecular weight is 297 g/mol. The van der Waals surface area contributed by atoms with E-state index in [4.69, 9.17) is 4.42 Å². The molecule has 1 aromatic carbocycles. The van der Waals surface area contributed by atoms with Crippen molar-refractivity contribution in [1.82, 2.24) is 4.90 Å². The number of para-hydroxylation sites is 1. The summed E-state index contributed by atoms with van der Waals surface area (Å²) in [7, 11) is 0. The molecule has 22 heavy (non-hydrogen) atoms. The first-order chi connectivity index (χ1) is 10.6. The molecule has 1 aromatic heterocycles. The van der Waals surface area contributed by atoms with Gasteiger partial charge in [0.25, 0.3) is 0 Å². The maximum absolute atomic E-state index is 12.6. The highest BCUT2D eigenvalue weighted by Gasteiger charge is 2.35. The van der Waals surface area contributed by atoms with Gasteiger partial charge in [-0.3, -0.25) is 4.79 Å². The molecule has 1 unspecified atom stereocenters. The van der Waals surface area contributed by atoms with Gasteiger partial charge in [0.1, 0.15) is 11.3 Å². The first-order valence-electron chi connectivity index (χ1n) is 8.05. The maximum Gasteiger partial charge on any atom is 0.247 e. The summed E-state index contributed by atoms with van der Waals surface area (Å²) in [6.45, 7) is 6.46. The van der Waals surface area contributed by atoms with Gasteiger partial charge in [-0.05, 0) is 43.9 Å². The van der Waals surface area contributed by atoms with Crippen molar-refractivity contribution < 1.29 is 9.21 Å². The number of furan rings is 1. The van der Waals surface area contributed by atoms with Gasteiger partial charge in [0.2, 0.25) is 5.91 Å². The second-order valence-corrected chi connectivity index (χ2v) is 6.48. The number of amides is 1. The lowest BCUT2D eigenvalue weighted by molar-refractivity contribution is -0.129. The average Bonchev–Trinajstić information content (AvgIpc) is 3.23. The monoisotopic (exact) mass is 297 g/mol. The Hall–Kier alpha value is -2.03. The fourth-order valence-electron chi connectivity index (χ4n) is 2.71. The summed E-state index contributed by atoms with van der Waals surface area (Å²) in [5.74, 6) is 1.27. The molecule has 1 heterocycles. The Morgan fingerprint density at radius 1 is 1.27 bits per heavy atom. The van der Waals surface area contributed by atoms with Crippen LogP contribution in [0.2, 0.25) is 0 Å². The van der Waals surface area contributed by atoms with Gasteiger partial charge in [0, 0.05) is 23.5 Å². The molecule has 3 heteroatoms. The van der Waals surface area contributed by atoms with Crippen molar-refractivity contribution in [2.75, 3.05) is 0 Å². The zero-order chi connectivity index (χ0) is 15.7. The first-order valence-corrected chi connectivity index (χ1v) is 8.05. The van der Waals surface area contributed by atoms with Gasteiger partial charge in [0.05, 0.1) is 0 Å². The zero-order valence-electron chi connectivity index (χ0n) is 13.5. The Bertz CT molecular complexity index is 661. The lowest BCUT2D eigenvalue weighted by atomic mass is 10.0. The number of benzene rings is 1. The third kappa shape index (κ3) is 3.08. The predicted molar refractivity (Wildman–Crippen MR) is 89.4 cm³/mol. The fraction of sp³-hybridized carbons (Fsp3) is 0.421. The lowest BCUT2D eigenvalue weighted by Crippen LogP contribution is -2.42. The lowest BCUT2D eigenvalue weighted by Gasteiger charge is -2.31. The van der Waals surface area contributed by atoms with Gasteiger partial charge in [-0.1, -0.05) is 32.0 Å². The maximum atomic E-state index is 12.6. The molecule has 1 amide bonds. The van der Waals surface area contributed by atoms with Crippen LogP contribution in [0, 0.1) is 5.92 Å².